The highest BCUT2D eigenvalue weighted by Crippen LogP contribution is 2.40. The molecule has 0 saturated carbocycles. The number of nitrogens with zero attached hydrogens (tertiary/aromatic N) is 2. The summed E-state index contributed by atoms with van der Waals surface area (Å²) in [6.45, 7) is 8.98. The normalized spacial score (nSPS) is 25.9. The quantitative estimate of drug-likeness (QED) is 0.664. The minimum atomic E-state index is 0.0240. The van der Waals surface area contributed by atoms with Gasteiger partial charge in [0.2, 0.25) is 0 Å². The number of nitrogens with one attached hydrogen (secondary N) is 1. The molecule has 4 nitrogen and oxygen atoms in total. The lowest BCUT2D eigenvalue weighted by Gasteiger charge is -2.56. The number of rotatable bonds is 3. The Kier molecular flexibility index (Phi) is 4.34. The number of hydrogen-bond donors (Lipinski definition) is 1. The first-order valence-corrected chi connectivity index (χ1v) is 11.6. The Morgan fingerprint density at radius 2 is 2.07 bits per heavy atom. The number of carbonyl (C=O) groups excluding carboxylic acids is 1. The van der Waals surface area contributed by atoms with Gasteiger partial charge in [-0.05, 0) is 69.6 Å². The van der Waals surface area contributed by atoms with Crippen molar-refractivity contribution in [3.63, 3.8) is 0 Å². The second kappa shape index (κ2) is 6.65. The first kappa shape index (κ1) is 18.3. The molecule has 3 aromatic rings. The highest BCUT2D eigenvalue weighted by atomic mass is 32.1. The molecule has 2 aromatic heterocycles. The number of piperidine rings is 3. The van der Waals surface area contributed by atoms with Gasteiger partial charge in [0.1, 0.15) is 5.01 Å². The highest BCUT2D eigenvalue weighted by molar-refractivity contribution is 7.22. The molecule has 6 rings (SSSR count). The maximum Gasteiger partial charge on any atom is 0.261 e. The Balaban J connectivity index is 1.48. The van der Waals surface area contributed by atoms with Crippen LogP contribution in [0.4, 0.5) is 0 Å². The van der Waals surface area contributed by atoms with Crippen LogP contribution in [0.2, 0.25) is 0 Å². The van der Waals surface area contributed by atoms with Crippen LogP contribution in [0.3, 0.4) is 0 Å². The van der Waals surface area contributed by atoms with Gasteiger partial charge in [0.05, 0.1) is 4.88 Å². The highest BCUT2D eigenvalue weighted by Gasteiger charge is 2.48. The average Bonchev–Trinajstić information content (AvgIpc) is 3.34. The summed E-state index contributed by atoms with van der Waals surface area (Å²) in [7, 11) is 0. The van der Waals surface area contributed by atoms with Gasteiger partial charge in [0, 0.05) is 33.4 Å². The lowest BCUT2D eigenvalue weighted by molar-refractivity contribution is -0.0377. The molecule has 0 unspecified atom stereocenters. The van der Waals surface area contributed by atoms with Crippen LogP contribution in [0.5, 0.6) is 0 Å². The van der Waals surface area contributed by atoms with Crippen molar-refractivity contribution in [2.75, 3.05) is 13.1 Å². The van der Waals surface area contributed by atoms with E-state index in [2.05, 4.69) is 48.1 Å². The number of aryl methyl sites for hydroxylation is 1. The van der Waals surface area contributed by atoms with Gasteiger partial charge in [-0.25, -0.2) is 4.98 Å². The number of aromatic nitrogens is 1. The van der Waals surface area contributed by atoms with Gasteiger partial charge in [-0.15, -0.1) is 22.7 Å². The topological polar surface area (TPSA) is 45.2 Å². The van der Waals surface area contributed by atoms with E-state index in [0.717, 1.165) is 33.1 Å². The van der Waals surface area contributed by atoms with Crippen molar-refractivity contribution in [3.8, 4) is 10.6 Å². The molecule has 0 spiro atoms. The van der Waals surface area contributed by atoms with Crippen molar-refractivity contribution in [1.29, 1.82) is 0 Å². The van der Waals surface area contributed by atoms with Crippen LogP contribution in [-0.2, 0) is 0 Å². The minimum absolute atomic E-state index is 0.0240. The Morgan fingerprint density at radius 1 is 1.29 bits per heavy atom. The summed E-state index contributed by atoms with van der Waals surface area (Å²) in [6.07, 6.45) is 4.22. The summed E-state index contributed by atoms with van der Waals surface area (Å²) in [6, 6.07) is 6.50. The minimum Gasteiger partial charge on any atom is -0.346 e. The Morgan fingerprint density at radius 3 is 2.75 bits per heavy atom. The van der Waals surface area contributed by atoms with Gasteiger partial charge in [-0.3, -0.25) is 9.69 Å². The van der Waals surface area contributed by atoms with E-state index < -0.39 is 0 Å². The van der Waals surface area contributed by atoms with Gasteiger partial charge in [-0.2, -0.15) is 0 Å². The largest absolute Gasteiger partial charge is 0.346 e. The number of benzene rings is 1. The fraction of sp³-hybridized carbons (Fsp3) is 0.455. The van der Waals surface area contributed by atoms with Crippen molar-refractivity contribution >= 4 is 38.7 Å². The lowest BCUT2D eigenvalue weighted by atomic mass is 9.72. The molecule has 0 radical (unpaired) electrons. The zero-order valence-electron chi connectivity index (χ0n) is 16.5. The second-order valence-corrected chi connectivity index (χ2v) is 10.5. The van der Waals surface area contributed by atoms with E-state index in [4.69, 9.17) is 0 Å². The maximum atomic E-state index is 13.2. The fourth-order valence-electron chi connectivity index (χ4n) is 5.02. The number of hydrogen-bond acceptors (Lipinski definition) is 5. The molecule has 28 heavy (non-hydrogen) atoms. The summed E-state index contributed by atoms with van der Waals surface area (Å²) < 4.78 is 1.16. The Hall–Kier alpha value is -1.76. The maximum absolute atomic E-state index is 13.2. The Bertz CT molecular complexity index is 1030. The van der Waals surface area contributed by atoms with E-state index in [1.807, 2.05) is 17.6 Å². The van der Waals surface area contributed by atoms with Crippen molar-refractivity contribution in [1.82, 2.24) is 15.2 Å². The molecule has 3 aliphatic heterocycles. The van der Waals surface area contributed by atoms with E-state index in [-0.39, 0.29) is 17.5 Å². The van der Waals surface area contributed by atoms with Gasteiger partial charge in [-0.1, -0.05) is 12.1 Å². The molecule has 2 bridgehead atoms. The summed E-state index contributed by atoms with van der Waals surface area (Å²) >= 11 is 3.24. The second-order valence-electron chi connectivity index (χ2n) is 8.55. The summed E-state index contributed by atoms with van der Waals surface area (Å²) in [4.78, 5) is 21.0. The Labute approximate surface area is 173 Å². The molecular weight excluding hydrogens is 386 g/mol. The van der Waals surface area contributed by atoms with Crippen molar-refractivity contribution < 1.29 is 4.79 Å². The van der Waals surface area contributed by atoms with Crippen LogP contribution in [0.1, 0.15) is 41.9 Å². The smallest absolute Gasteiger partial charge is 0.261 e. The molecule has 1 amide bonds. The van der Waals surface area contributed by atoms with Crippen LogP contribution in [0.15, 0.2) is 29.8 Å². The first-order valence-electron chi connectivity index (χ1n) is 9.94. The molecule has 3 saturated heterocycles. The molecule has 3 aliphatic rings. The molecular formula is C22H25N3OS2. The van der Waals surface area contributed by atoms with Crippen LogP contribution in [0.25, 0.3) is 20.7 Å². The monoisotopic (exact) mass is 411 g/mol. The fourth-order valence-corrected chi connectivity index (χ4v) is 7.00. The van der Waals surface area contributed by atoms with E-state index in [1.54, 1.807) is 22.7 Å². The van der Waals surface area contributed by atoms with Crippen LogP contribution >= 0.6 is 22.7 Å². The molecule has 3 fully saturated rings. The predicted octanol–water partition coefficient (Wildman–Crippen LogP) is 4.94. The summed E-state index contributed by atoms with van der Waals surface area (Å²) in [5.41, 5.74) is 2.39. The zero-order valence-corrected chi connectivity index (χ0v) is 18.1. The molecule has 1 N–H and O–H groups in total. The first-order chi connectivity index (χ1) is 13.4. The molecule has 5 heterocycles. The van der Waals surface area contributed by atoms with Crippen molar-refractivity contribution in [2.45, 2.75) is 45.2 Å². The summed E-state index contributed by atoms with van der Waals surface area (Å²) in [5, 5.41) is 7.56. The van der Waals surface area contributed by atoms with Crippen molar-refractivity contribution in [3.05, 3.63) is 40.2 Å². The van der Waals surface area contributed by atoms with Gasteiger partial charge >= 0.3 is 0 Å². The molecule has 146 valence electrons. The number of thiazole rings is 1. The van der Waals surface area contributed by atoms with Gasteiger partial charge < -0.3 is 5.32 Å². The van der Waals surface area contributed by atoms with Crippen LogP contribution in [0, 0.1) is 12.8 Å². The van der Waals surface area contributed by atoms with Crippen molar-refractivity contribution in [2.24, 2.45) is 5.92 Å². The number of thiophene rings is 1. The molecule has 6 heteroatoms. The van der Waals surface area contributed by atoms with E-state index >= 15 is 0 Å². The molecule has 0 aliphatic carbocycles. The zero-order chi connectivity index (χ0) is 19.5. The summed E-state index contributed by atoms with van der Waals surface area (Å²) in [5.74, 6) is 0.655. The third-order valence-corrected chi connectivity index (χ3v) is 8.60. The third-order valence-electron chi connectivity index (χ3n) is 6.64. The lowest BCUT2D eigenvalue weighted by Crippen LogP contribution is -2.69. The van der Waals surface area contributed by atoms with Gasteiger partial charge in [0.15, 0.2) is 0 Å². The van der Waals surface area contributed by atoms with E-state index in [0.29, 0.717) is 5.92 Å². The standard InChI is InChI=1S/C22H25N3OS2/c1-13-4-5-15-12-16(28-18(15)17(13)21-23-8-11-27-21)20(26)24-19-14-6-9-25(10-7-14)22(19,2)3/h4-5,8,11-12,14,19H,6-7,9-10H2,1-3H3,(H,24,26)/t19-/m0/s1. The van der Waals surface area contributed by atoms with E-state index in [1.165, 1.54) is 24.0 Å². The average molecular weight is 412 g/mol. The van der Waals surface area contributed by atoms with Crippen LogP contribution in [-0.4, -0.2) is 40.5 Å². The molecule has 1 aromatic carbocycles. The third kappa shape index (κ3) is 2.81. The predicted molar refractivity (Wildman–Crippen MR) is 117 cm³/mol. The number of amides is 1. The number of fused-ring (bicyclic) bond motifs is 4. The van der Waals surface area contributed by atoms with Crippen LogP contribution < -0.4 is 5.32 Å². The molecule has 1 atom stereocenters. The van der Waals surface area contributed by atoms with E-state index in [9.17, 15) is 4.79 Å². The number of carbonyl (C=O) groups is 1. The SMILES string of the molecule is Cc1ccc2cc(C(=O)N[C@H]3C4CCN(CC4)C3(C)C)sc2c1-c1nccs1. The van der Waals surface area contributed by atoms with Gasteiger partial charge in [0.25, 0.3) is 5.91 Å².